The van der Waals surface area contributed by atoms with E-state index >= 15 is 0 Å². The van der Waals surface area contributed by atoms with E-state index in [-0.39, 0.29) is 19.0 Å². The summed E-state index contributed by atoms with van der Waals surface area (Å²) < 4.78 is 11.3. The first kappa shape index (κ1) is 20.6. The molecular formula is C21H31B2NO2. The van der Waals surface area contributed by atoms with E-state index in [1.165, 1.54) is 16.5 Å². The van der Waals surface area contributed by atoms with Crippen molar-refractivity contribution in [2.75, 3.05) is 0 Å². The molecule has 0 radical (unpaired) electrons. The van der Waals surface area contributed by atoms with Gasteiger partial charge < -0.3 is 15.0 Å². The van der Waals surface area contributed by atoms with Crippen molar-refractivity contribution >= 4 is 25.9 Å². The Balaban J connectivity index is 1.89. The highest BCUT2D eigenvalue weighted by Gasteiger charge is 2.24. The van der Waals surface area contributed by atoms with E-state index < -0.39 is 5.72 Å². The molecule has 0 aliphatic heterocycles. The average molecular weight is 351 g/mol. The van der Waals surface area contributed by atoms with Crippen molar-refractivity contribution < 1.29 is 9.31 Å². The summed E-state index contributed by atoms with van der Waals surface area (Å²) in [7, 11) is 1.06. The Morgan fingerprint density at radius 2 is 1.35 bits per heavy atom. The topological polar surface area (TPSA) is 44.5 Å². The van der Waals surface area contributed by atoms with Crippen LogP contribution in [0.2, 0.25) is 0 Å². The summed E-state index contributed by atoms with van der Waals surface area (Å²) >= 11 is 0. The van der Waals surface area contributed by atoms with E-state index in [1.807, 2.05) is 32.9 Å². The third-order valence-corrected chi connectivity index (χ3v) is 4.89. The molecule has 3 nitrogen and oxygen atoms in total. The highest BCUT2D eigenvalue weighted by molar-refractivity contribution is 6.67. The van der Waals surface area contributed by atoms with Crippen molar-refractivity contribution in [2.45, 2.75) is 52.7 Å². The molecule has 0 spiro atoms. The van der Waals surface area contributed by atoms with Crippen molar-refractivity contribution in [3.05, 3.63) is 54.1 Å². The molecule has 0 aromatic heterocycles. The lowest BCUT2D eigenvalue weighted by Gasteiger charge is -2.29. The van der Waals surface area contributed by atoms with Gasteiger partial charge in [-0.1, -0.05) is 81.9 Å². The first-order valence-electron chi connectivity index (χ1n) is 9.32. The Labute approximate surface area is 159 Å². The summed E-state index contributed by atoms with van der Waals surface area (Å²) in [5.74, 6) is 1.01. The van der Waals surface area contributed by atoms with Gasteiger partial charge in [0.25, 0.3) is 0 Å². The first-order valence-corrected chi connectivity index (χ1v) is 9.32. The molecule has 0 saturated carbocycles. The van der Waals surface area contributed by atoms with Crippen molar-refractivity contribution in [3.63, 3.8) is 0 Å². The van der Waals surface area contributed by atoms with Crippen LogP contribution < -0.4 is 21.3 Å². The SMILES string of the molecule is CC(C)C(C)(N)OBOc1ccc(Bc2ccc(C(C)(C)C)cc2)cc1. The second kappa shape index (κ2) is 8.32. The molecule has 0 saturated heterocycles. The Hall–Kier alpha value is -1.71. The van der Waals surface area contributed by atoms with Crippen LogP contribution >= 0.6 is 0 Å². The number of hydrogen-bond acceptors (Lipinski definition) is 3. The lowest BCUT2D eigenvalue weighted by Crippen LogP contribution is -2.46. The van der Waals surface area contributed by atoms with Gasteiger partial charge >= 0.3 is 7.69 Å². The predicted octanol–water partition coefficient (Wildman–Crippen LogP) is 2.36. The molecule has 2 N–H and O–H groups in total. The summed E-state index contributed by atoms with van der Waals surface area (Å²) in [4.78, 5) is 0. The lowest BCUT2D eigenvalue weighted by molar-refractivity contribution is 0.0383. The van der Waals surface area contributed by atoms with Gasteiger partial charge in [-0.15, -0.1) is 0 Å². The van der Waals surface area contributed by atoms with Gasteiger partial charge in [0, 0.05) is 0 Å². The third-order valence-electron chi connectivity index (χ3n) is 4.89. The summed E-state index contributed by atoms with van der Waals surface area (Å²) in [5, 5.41) is 0. The van der Waals surface area contributed by atoms with Crippen LogP contribution in [0.5, 0.6) is 5.75 Å². The molecule has 26 heavy (non-hydrogen) atoms. The predicted molar refractivity (Wildman–Crippen MR) is 114 cm³/mol. The summed E-state index contributed by atoms with van der Waals surface area (Å²) in [6, 6.07) is 17.0. The van der Waals surface area contributed by atoms with E-state index in [0.717, 1.165) is 13.0 Å². The van der Waals surface area contributed by atoms with Crippen LogP contribution in [0.1, 0.15) is 47.1 Å². The largest absolute Gasteiger partial charge is 0.539 e. The van der Waals surface area contributed by atoms with Crippen LogP contribution in [0, 0.1) is 5.92 Å². The second-order valence-corrected chi connectivity index (χ2v) is 8.51. The molecule has 2 rings (SSSR count). The van der Waals surface area contributed by atoms with Gasteiger partial charge in [0.1, 0.15) is 5.72 Å². The molecule has 0 fully saturated rings. The Morgan fingerprint density at radius 1 is 0.846 bits per heavy atom. The highest BCUT2D eigenvalue weighted by atomic mass is 16.6. The van der Waals surface area contributed by atoms with E-state index in [4.69, 9.17) is 15.0 Å². The normalized spacial score (nSPS) is 14.0. The monoisotopic (exact) mass is 351 g/mol. The second-order valence-electron chi connectivity index (χ2n) is 8.51. The van der Waals surface area contributed by atoms with Gasteiger partial charge in [-0.2, -0.15) is 0 Å². The molecule has 0 aliphatic carbocycles. The molecule has 1 unspecified atom stereocenters. The van der Waals surface area contributed by atoms with E-state index in [2.05, 4.69) is 57.2 Å². The first-order chi connectivity index (χ1) is 12.1. The molecule has 2 aromatic carbocycles. The van der Waals surface area contributed by atoms with Crippen LogP contribution in [0.25, 0.3) is 0 Å². The van der Waals surface area contributed by atoms with Crippen molar-refractivity contribution in [1.82, 2.24) is 0 Å². The van der Waals surface area contributed by atoms with E-state index in [0.29, 0.717) is 0 Å². The maximum absolute atomic E-state index is 6.07. The molecule has 2 aromatic rings. The maximum atomic E-state index is 6.07. The summed E-state index contributed by atoms with van der Waals surface area (Å²) in [6.07, 6.45) is 0. The standard InChI is InChI=1S/C21H31B2NO2/c1-15(2)21(6,24)26-23-25-19-13-11-18(12-14-19)22-17-9-7-16(8-10-17)20(3,4)5/h7-15,22-23H,24H2,1-6H3. The fourth-order valence-electron chi connectivity index (χ4n) is 2.45. The Kier molecular flexibility index (Phi) is 6.59. The van der Waals surface area contributed by atoms with Gasteiger partial charge in [-0.05, 0) is 36.0 Å². The lowest BCUT2D eigenvalue weighted by atomic mass is 9.63. The number of hydrogen-bond donors (Lipinski definition) is 1. The molecule has 0 heterocycles. The molecular weight excluding hydrogens is 320 g/mol. The molecule has 0 bridgehead atoms. The van der Waals surface area contributed by atoms with Crippen LogP contribution in [-0.2, 0) is 10.1 Å². The minimum atomic E-state index is -0.681. The van der Waals surface area contributed by atoms with Gasteiger partial charge in [0.05, 0.1) is 5.75 Å². The van der Waals surface area contributed by atoms with E-state index in [1.54, 1.807) is 0 Å². The Morgan fingerprint density at radius 3 is 1.81 bits per heavy atom. The molecule has 0 aliphatic rings. The number of rotatable bonds is 7. The van der Waals surface area contributed by atoms with Crippen LogP contribution in [0.3, 0.4) is 0 Å². The highest BCUT2D eigenvalue weighted by Crippen LogP contribution is 2.20. The van der Waals surface area contributed by atoms with Crippen LogP contribution in [-0.4, -0.2) is 20.7 Å². The smallest absolute Gasteiger partial charge is 0.508 e. The summed E-state index contributed by atoms with van der Waals surface area (Å²) in [6.45, 7) is 12.6. The third kappa shape index (κ3) is 5.93. The van der Waals surface area contributed by atoms with Crippen molar-refractivity contribution in [3.8, 4) is 5.75 Å². The number of nitrogens with two attached hydrogens (primary N) is 1. The van der Waals surface area contributed by atoms with Gasteiger partial charge in [0.15, 0.2) is 7.28 Å². The van der Waals surface area contributed by atoms with Gasteiger partial charge in [0.2, 0.25) is 0 Å². The molecule has 5 heteroatoms. The van der Waals surface area contributed by atoms with Crippen LogP contribution in [0.15, 0.2) is 48.5 Å². The average Bonchev–Trinajstić information content (AvgIpc) is 2.56. The maximum Gasteiger partial charge on any atom is 0.508 e. The molecule has 138 valence electrons. The minimum Gasteiger partial charge on any atom is -0.539 e. The number of benzene rings is 2. The zero-order chi connectivity index (χ0) is 19.4. The van der Waals surface area contributed by atoms with Gasteiger partial charge in [-0.3, -0.25) is 0 Å². The zero-order valence-corrected chi connectivity index (χ0v) is 17.0. The van der Waals surface area contributed by atoms with Crippen molar-refractivity contribution in [2.24, 2.45) is 11.7 Å². The zero-order valence-electron chi connectivity index (χ0n) is 17.0. The van der Waals surface area contributed by atoms with E-state index in [9.17, 15) is 0 Å². The molecule has 1 atom stereocenters. The van der Waals surface area contributed by atoms with Crippen molar-refractivity contribution in [1.29, 1.82) is 0 Å². The van der Waals surface area contributed by atoms with Crippen LogP contribution in [0.4, 0.5) is 0 Å². The minimum absolute atomic E-state index is 0.152. The fourth-order valence-corrected chi connectivity index (χ4v) is 2.45. The fraction of sp³-hybridized carbons (Fsp3) is 0.429. The summed E-state index contributed by atoms with van der Waals surface area (Å²) in [5.41, 5.74) is 9.50. The Bertz CT molecular complexity index is 689. The quantitative estimate of drug-likeness (QED) is 0.615. The van der Waals surface area contributed by atoms with Gasteiger partial charge in [-0.25, -0.2) is 0 Å². The molecule has 0 amide bonds.